The van der Waals surface area contributed by atoms with E-state index in [0.717, 1.165) is 16.7 Å². The van der Waals surface area contributed by atoms with Crippen LogP contribution in [0.15, 0.2) is 66.7 Å². The third-order valence-corrected chi connectivity index (χ3v) is 4.84. The summed E-state index contributed by atoms with van der Waals surface area (Å²) >= 11 is 0. The van der Waals surface area contributed by atoms with Gasteiger partial charge in [0.15, 0.2) is 6.61 Å². The molecule has 0 amide bonds. The number of para-hydroxylation sites is 1. The van der Waals surface area contributed by atoms with Crippen molar-refractivity contribution in [3.8, 4) is 23.3 Å². The standard InChI is InChI=1S/C26H23NO4/c1-18-7-6-10-24(19(18)2)30-17-26(28)31-22-13-11-20(12-14-22)15-21(16-27)23-8-4-5-9-25(23)29-3/h4-15H,17H2,1-3H3/b21-15-. The fourth-order valence-electron chi connectivity index (χ4n) is 3.01. The van der Waals surface area contributed by atoms with E-state index in [1.807, 2.05) is 56.3 Å². The van der Waals surface area contributed by atoms with Crippen LogP contribution in [0, 0.1) is 25.2 Å². The molecule has 3 aromatic rings. The number of benzene rings is 3. The highest BCUT2D eigenvalue weighted by Crippen LogP contribution is 2.27. The maximum Gasteiger partial charge on any atom is 0.349 e. The Morgan fingerprint density at radius 2 is 1.68 bits per heavy atom. The van der Waals surface area contributed by atoms with Gasteiger partial charge >= 0.3 is 5.97 Å². The highest BCUT2D eigenvalue weighted by Gasteiger charge is 2.10. The summed E-state index contributed by atoms with van der Waals surface area (Å²) in [6, 6.07) is 22.2. The zero-order chi connectivity index (χ0) is 22.2. The predicted octanol–water partition coefficient (Wildman–Crippen LogP) is 5.36. The first-order valence-electron chi connectivity index (χ1n) is 9.76. The van der Waals surface area contributed by atoms with Gasteiger partial charge in [-0.3, -0.25) is 0 Å². The van der Waals surface area contributed by atoms with Crippen LogP contribution in [0.3, 0.4) is 0 Å². The third-order valence-electron chi connectivity index (χ3n) is 4.84. The normalized spacial score (nSPS) is 10.8. The van der Waals surface area contributed by atoms with Gasteiger partial charge in [0.05, 0.1) is 18.8 Å². The second kappa shape index (κ2) is 10.1. The lowest BCUT2D eigenvalue weighted by Crippen LogP contribution is -2.18. The van der Waals surface area contributed by atoms with Gasteiger partial charge in [-0.1, -0.05) is 36.4 Å². The minimum absolute atomic E-state index is 0.182. The molecule has 0 aliphatic carbocycles. The van der Waals surface area contributed by atoms with Gasteiger partial charge in [0.1, 0.15) is 17.2 Å². The van der Waals surface area contributed by atoms with Gasteiger partial charge in [0, 0.05) is 5.56 Å². The molecule has 3 aromatic carbocycles. The molecule has 0 unspecified atom stereocenters. The van der Waals surface area contributed by atoms with Crippen LogP contribution in [0.25, 0.3) is 11.6 Å². The van der Waals surface area contributed by atoms with Gasteiger partial charge in [0.25, 0.3) is 0 Å². The number of rotatable bonds is 7. The number of ether oxygens (including phenoxy) is 3. The van der Waals surface area contributed by atoms with Crippen molar-refractivity contribution in [2.75, 3.05) is 13.7 Å². The predicted molar refractivity (Wildman–Crippen MR) is 120 cm³/mol. The lowest BCUT2D eigenvalue weighted by molar-refractivity contribution is -0.136. The molecule has 0 bridgehead atoms. The Morgan fingerprint density at radius 1 is 0.968 bits per heavy atom. The molecule has 0 spiro atoms. The Hall–Kier alpha value is -4.04. The number of hydrogen-bond acceptors (Lipinski definition) is 5. The quantitative estimate of drug-likeness (QED) is 0.226. The van der Waals surface area contributed by atoms with Crippen LogP contribution >= 0.6 is 0 Å². The maximum absolute atomic E-state index is 12.1. The summed E-state index contributed by atoms with van der Waals surface area (Å²) in [7, 11) is 1.57. The highest BCUT2D eigenvalue weighted by molar-refractivity contribution is 5.91. The van der Waals surface area contributed by atoms with E-state index in [0.29, 0.717) is 28.4 Å². The molecule has 0 aromatic heterocycles. The smallest absolute Gasteiger partial charge is 0.349 e. The number of carbonyl (C=O) groups is 1. The van der Waals surface area contributed by atoms with Crippen molar-refractivity contribution in [2.45, 2.75) is 13.8 Å². The van der Waals surface area contributed by atoms with E-state index in [4.69, 9.17) is 14.2 Å². The molecule has 5 nitrogen and oxygen atoms in total. The Balaban J connectivity index is 1.65. The van der Waals surface area contributed by atoms with Crippen LogP contribution in [-0.2, 0) is 4.79 Å². The molecule has 0 N–H and O–H groups in total. The molecule has 0 aliphatic rings. The number of nitriles is 1. The van der Waals surface area contributed by atoms with Crippen molar-refractivity contribution in [1.82, 2.24) is 0 Å². The highest BCUT2D eigenvalue weighted by atomic mass is 16.6. The van der Waals surface area contributed by atoms with E-state index in [9.17, 15) is 10.1 Å². The van der Waals surface area contributed by atoms with E-state index in [2.05, 4.69) is 6.07 Å². The maximum atomic E-state index is 12.1. The molecular weight excluding hydrogens is 390 g/mol. The molecular formula is C26H23NO4. The molecule has 31 heavy (non-hydrogen) atoms. The number of nitrogens with zero attached hydrogens (tertiary/aromatic N) is 1. The Kier molecular flexibility index (Phi) is 7.08. The molecule has 3 rings (SSSR count). The largest absolute Gasteiger partial charge is 0.496 e. The van der Waals surface area contributed by atoms with Crippen LogP contribution in [-0.4, -0.2) is 19.7 Å². The Labute approximate surface area is 182 Å². The minimum atomic E-state index is -0.490. The molecule has 0 aliphatic heterocycles. The Bertz CT molecular complexity index is 1140. The fourth-order valence-corrected chi connectivity index (χ4v) is 3.01. The number of carbonyl (C=O) groups excluding carboxylic acids is 1. The molecule has 0 saturated carbocycles. The third kappa shape index (κ3) is 5.52. The second-order valence-electron chi connectivity index (χ2n) is 6.90. The molecule has 156 valence electrons. The molecule has 0 heterocycles. The summed E-state index contributed by atoms with van der Waals surface area (Å²) in [5.41, 5.74) is 4.08. The van der Waals surface area contributed by atoms with Gasteiger partial charge in [0.2, 0.25) is 0 Å². The number of hydrogen-bond donors (Lipinski definition) is 0. The van der Waals surface area contributed by atoms with Crippen molar-refractivity contribution < 1.29 is 19.0 Å². The number of allylic oxidation sites excluding steroid dienone is 1. The summed E-state index contributed by atoms with van der Waals surface area (Å²) in [5, 5.41) is 9.57. The van der Waals surface area contributed by atoms with E-state index in [1.54, 1.807) is 37.5 Å². The van der Waals surface area contributed by atoms with Crippen LogP contribution in [0.2, 0.25) is 0 Å². The first kappa shape index (κ1) is 21.7. The van der Waals surface area contributed by atoms with Crippen molar-refractivity contribution in [3.05, 3.63) is 89.0 Å². The summed E-state index contributed by atoms with van der Waals surface area (Å²) in [6.45, 7) is 3.75. The van der Waals surface area contributed by atoms with E-state index in [-0.39, 0.29) is 6.61 Å². The average molecular weight is 413 g/mol. The van der Waals surface area contributed by atoms with E-state index in [1.165, 1.54) is 0 Å². The SMILES string of the molecule is COc1ccccc1/C(C#N)=C\c1ccc(OC(=O)COc2cccc(C)c2C)cc1. The summed E-state index contributed by atoms with van der Waals surface area (Å²) < 4.78 is 16.3. The Morgan fingerprint density at radius 3 is 2.39 bits per heavy atom. The van der Waals surface area contributed by atoms with Crippen molar-refractivity contribution in [1.29, 1.82) is 5.26 Å². The second-order valence-corrected chi connectivity index (χ2v) is 6.90. The summed E-state index contributed by atoms with van der Waals surface area (Å²) in [4.78, 5) is 12.1. The molecule has 0 fully saturated rings. The number of methoxy groups -OCH3 is 1. The minimum Gasteiger partial charge on any atom is -0.496 e. The van der Waals surface area contributed by atoms with Crippen LogP contribution < -0.4 is 14.2 Å². The van der Waals surface area contributed by atoms with Crippen LogP contribution in [0.4, 0.5) is 0 Å². The van der Waals surface area contributed by atoms with Gasteiger partial charge in [-0.2, -0.15) is 5.26 Å². The zero-order valence-corrected chi connectivity index (χ0v) is 17.7. The van der Waals surface area contributed by atoms with Crippen molar-refractivity contribution >= 4 is 17.6 Å². The molecule has 0 atom stereocenters. The monoisotopic (exact) mass is 413 g/mol. The molecule has 0 radical (unpaired) electrons. The van der Waals surface area contributed by atoms with Gasteiger partial charge < -0.3 is 14.2 Å². The van der Waals surface area contributed by atoms with Gasteiger partial charge in [-0.05, 0) is 66.9 Å². The lowest BCUT2D eigenvalue weighted by Gasteiger charge is -2.10. The van der Waals surface area contributed by atoms with Gasteiger partial charge in [-0.25, -0.2) is 4.79 Å². The van der Waals surface area contributed by atoms with Crippen molar-refractivity contribution in [2.24, 2.45) is 0 Å². The van der Waals surface area contributed by atoms with Gasteiger partial charge in [-0.15, -0.1) is 0 Å². The number of aryl methyl sites for hydroxylation is 1. The molecule has 0 saturated heterocycles. The van der Waals surface area contributed by atoms with E-state index < -0.39 is 5.97 Å². The zero-order valence-electron chi connectivity index (χ0n) is 17.7. The average Bonchev–Trinajstić information content (AvgIpc) is 2.79. The van der Waals surface area contributed by atoms with Crippen LogP contribution in [0.1, 0.15) is 22.3 Å². The summed E-state index contributed by atoms with van der Waals surface area (Å²) in [6.07, 6.45) is 1.76. The lowest BCUT2D eigenvalue weighted by atomic mass is 10.0. The molecule has 5 heteroatoms. The van der Waals surface area contributed by atoms with Crippen LogP contribution in [0.5, 0.6) is 17.2 Å². The van der Waals surface area contributed by atoms with E-state index >= 15 is 0 Å². The summed E-state index contributed by atoms with van der Waals surface area (Å²) in [5.74, 6) is 1.21. The number of esters is 1. The first-order valence-corrected chi connectivity index (χ1v) is 9.76. The van der Waals surface area contributed by atoms with Crippen molar-refractivity contribution in [3.63, 3.8) is 0 Å². The topological polar surface area (TPSA) is 68.5 Å². The first-order chi connectivity index (χ1) is 15.0. The fraction of sp³-hybridized carbons (Fsp3) is 0.154.